The van der Waals surface area contributed by atoms with Crippen LogP contribution in [0.4, 0.5) is 0 Å². The van der Waals surface area contributed by atoms with Crippen molar-refractivity contribution < 1.29 is 40.5 Å². The third-order valence-electron chi connectivity index (χ3n) is 6.60. The lowest BCUT2D eigenvalue weighted by atomic mass is 9.79. The van der Waals surface area contributed by atoms with Gasteiger partial charge < -0.3 is 40.5 Å². The van der Waals surface area contributed by atoms with E-state index in [1.165, 1.54) is 55.6 Å². The highest BCUT2D eigenvalue weighted by Crippen LogP contribution is 2.59. The van der Waals surface area contributed by atoms with Crippen molar-refractivity contribution in [3.05, 3.63) is 94.5 Å². The molecule has 0 heterocycles. The van der Waals surface area contributed by atoms with Gasteiger partial charge in [-0.3, -0.25) is 0 Å². The number of aromatic hydroxyl groups is 7. The third-order valence-corrected chi connectivity index (χ3v) is 6.60. The van der Waals surface area contributed by atoms with Gasteiger partial charge in [-0.2, -0.15) is 0 Å². The molecule has 0 bridgehead atoms. The number of phenols is 7. The topological polar surface area (TPSA) is 151 Å². The Morgan fingerprint density at radius 1 is 0.595 bits per heavy atom. The van der Waals surface area contributed by atoms with Gasteiger partial charge in [0, 0.05) is 29.5 Å². The van der Waals surface area contributed by atoms with Gasteiger partial charge in [0.15, 0.2) is 23.0 Å². The summed E-state index contributed by atoms with van der Waals surface area (Å²) < 4.78 is 5.24. The first-order chi connectivity index (χ1) is 17.7. The van der Waals surface area contributed by atoms with Crippen molar-refractivity contribution in [3.8, 4) is 46.0 Å². The van der Waals surface area contributed by atoms with E-state index in [9.17, 15) is 35.7 Å². The minimum absolute atomic E-state index is 0.0429. The van der Waals surface area contributed by atoms with Crippen LogP contribution in [0.1, 0.15) is 39.7 Å². The highest BCUT2D eigenvalue weighted by Gasteiger charge is 2.41. The second kappa shape index (κ2) is 8.91. The standard InChI is InChI=1S/C29H24O8/c1-37-26-7-14(2-4-23(26)34)6-20-21-12-19(32)13-25(36)29(21)28(15-3-5-22(33)24(35)10-15)27(20)16-8-17(30)11-18(31)9-16/h2-13,27-28,30-36H,1H3/b20-6-. The molecular formula is C29H24O8. The molecule has 8 nitrogen and oxygen atoms in total. The zero-order valence-corrected chi connectivity index (χ0v) is 19.6. The normalized spacial score (nSPS) is 17.6. The second-order valence-electron chi connectivity index (χ2n) is 8.94. The van der Waals surface area contributed by atoms with Crippen LogP contribution in [0.25, 0.3) is 11.6 Å². The van der Waals surface area contributed by atoms with E-state index in [1.807, 2.05) is 0 Å². The Hall–Kier alpha value is -4.98. The molecule has 0 amide bonds. The van der Waals surface area contributed by atoms with E-state index >= 15 is 0 Å². The first-order valence-corrected chi connectivity index (χ1v) is 11.4. The third kappa shape index (κ3) is 4.18. The predicted octanol–water partition coefficient (Wildman–Crippen LogP) is 5.10. The molecular weight excluding hydrogens is 476 g/mol. The van der Waals surface area contributed by atoms with Gasteiger partial charge in [0.05, 0.1) is 7.11 Å². The summed E-state index contributed by atoms with van der Waals surface area (Å²) >= 11 is 0. The van der Waals surface area contributed by atoms with E-state index in [2.05, 4.69) is 0 Å². The van der Waals surface area contributed by atoms with Crippen molar-refractivity contribution in [1.29, 1.82) is 0 Å². The summed E-state index contributed by atoms with van der Waals surface area (Å²) in [6.45, 7) is 0. The molecule has 1 aliphatic rings. The van der Waals surface area contributed by atoms with Crippen molar-refractivity contribution in [2.75, 3.05) is 7.11 Å². The monoisotopic (exact) mass is 500 g/mol. The van der Waals surface area contributed by atoms with E-state index in [4.69, 9.17) is 4.74 Å². The zero-order chi connectivity index (χ0) is 26.4. The number of rotatable bonds is 4. The molecule has 2 atom stereocenters. The molecule has 0 fully saturated rings. The fourth-order valence-electron chi connectivity index (χ4n) is 5.10. The average molecular weight is 501 g/mol. The molecule has 188 valence electrons. The quantitative estimate of drug-likeness (QED) is 0.191. The van der Waals surface area contributed by atoms with Crippen molar-refractivity contribution in [2.45, 2.75) is 11.8 Å². The Morgan fingerprint density at radius 2 is 1.27 bits per heavy atom. The van der Waals surface area contributed by atoms with E-state index in [1.54, 1.807) is 24.3 Å². The first-order valence-electron chi connectivity index (χ1n) is 11.4. The number of allylic oxidation sites excluding steroid dienone is 1. The Balaban J connectivity index is 1.84. The van der Waals surface area contributed by atoms with Gasteiger partial charge in [0.2, 0.25) is 0 Å². The van der Waals surface area contributed by atoms with Crippen LogP contribution in [0, 0.1) is 0 Å². The van der Waals surface area contributed by atoms with Crippen LogP contribution in [0.2, 0.25) is 0 Å². The fraction of sp³-hybridized carbons (Fsp3) is 0.103. The van der Waals surface area contributed by atoms with E-state index < -0.39 is 11.8 Å². The van der Waals surface area contributed by atoms with Crippen LogP contribution < -0.4 is 4.74 Å². The Morgan fingerprint density at radius 3 is 1.95 bits per heavy atom. The number of ether oxygens (including phenoxy) is 1. The van der Waals surface area contributed by atoms with Crippen LogP contribution in [-0.2, 0) is 0 Å². The molecule has 0 aliphatic heterocycles. The van der Waals surface area contributed by atoms with Gasteiger partial charge in [-0.25, -0.2) is 0 Å². The Labute approximate surface area is 211 Å². The Kier molecular flexibility index (Phi) is 5.72. The van der Waals surface area contributed by atoms with Crippen LogP contribution in [-0.4, -0.2) is 42.9 Å². The zero-order valence-electron chi connectivity index (χ0n) is 19.6. The summed E-state index contributed by atoms with van der Waals surface area (Å²) in [5, 5.41) is 72.2. The lowest BCUT2D eigenvalue weighted by molar-refractivity contribution is 0.373. The van der Waals surface area contributed by atoms with Crippen LogP contribution in [0.5, 0.6) is 46.0 Å². The van der Waals surface area contributed by atoms with Gasteiger partial charge in [0.1, 0.15) is 23.0 Å². The number of hydrogen-bond acceptors (Lipinski definition) is 8. The molecule has 0 saturated heterocycles. The van der Waals surface area contributed by atoms with Crippen LogP contribution in [0.15, 0.2) is 66.7 Å². The van der Waals surface area contributed by atoms with E-state index in [-0.39, 0.29) is 46.0 Å². The molecule has 0 radical (unpaired) electrons. The van der Waals surface area contributed by atoms with E-state index in [0.29, 0.717) is 33.4 Å². The van der Waals surface area contributed by atoms with E-state index in [0.717, 1.165) is 0 Å². The van der Waals surface area contributed by atoms with Crippen LogP contribution in [0.3, 0.4) is 0 Å². The molecule has 1 aliphatic carbocycles. The maximum Gasteiger partial charge on any atom is 0.161 e. The maximum atomic E-state index is 11.0. The number of benzene rings is 4. The number of fused-ring (bicyclic) bond motifs is 1. The lowest BCUT2D eigenvalue weighted by Gasteiger charge is -2.24. The minimum Gasteiger partial charge on any atom is -0.508 e. The van der Waals surface area contributed by atoms with Gasteiger partial charge in [0.25, 0.3) is 0 Å². The summed E-state index contributed by atoms with van der Waals surface area (Å²) in [6.07, 6.45) is 1.80. The van der Waals surface area contributed by atoms with Gasteiger partial charge in [-0.1, -0.05) is 18.2 Å². The number of methoxy groups -OCH3 is 1. The maximum absolute atomic E-state index is 11.0. The van der Waals surface area contributed by atoms with Crippen molar-refractivity contribution in [2.24, 2.45) is 0 Å². The molecule has 0 spiro atoms. The Bertz CT molecular complexity index is 1540. The number of hydrogen-bond donors (Lipinski definition) is 7. The molecule has 0 aromatic heterocycles. The lowest BCUT2D eigenvalue weighted by Crippen LogP contribution is -2.08. The number of phenolic OH excluding ortho intramolecular Hbond substituents is 7. The molecule has 4 aromatic carbocycles. The first kappa shape index (κ1) is 23.7. The largest absolute Gasteiger partial charge is 0.508 e. The molecule has 37 heavy (non-hydrogen) atoms. The van der Waals surface area contributed by atoms with Crippen molar-refractivity contribution >= 4 is 11.6 Å². The van der Waals surface area contributed by atoms with Gasteiger partial charge in [-0.15, -0.1) is 0 Å². The van der Waals surface area contributed by atoms with Gasteiger partial charge in [-0.05, 0) is 70.3 Å². The van der Waals surface area contributed by atoms with Crippen molar-refractivity contribution in [1.82, 2.24) is 0 Å². The van der Waals surface area contributed by atoms with Crippen molar-refractivity contribution in [3.63, 3.8) is 0 Å². The summed E-state index contributed by atoms with van der Waals surface area (Å²) in [5.41, 5.74) is 3.26. The molecule has 7 N–H and O–H groups in total. The average Bonchev–Trinajstić information content (AvgIpc) is 3.15. The summed E-state index contributed by atoms with van der Waals surface area (Å²) in [6, 6.07) is 16.0. The van der Waals surface area contributed by atoms with Gasteiger partial charge >= 0.3 is 0 Å². The summed E-state index contributed by atoms with van der Waals surface area (Å²) in [5.74, 6) is -2.42. The SMILES string of the molecule is COc1cc(/C=C2/c3cc(O)cc(O)c3C(c3ccc(O)c(O)c3)C2c2cc(O)cc(O)c2)ccc1O. The summed E-state index contributed by atoms with van der Waals surface area (Å²) in [4.78, 5) is 0. The molecule has 4 aromatic rings. The highest BCUT2D eigenvalue weighted by atomic mass is 16.5. The smallest absolute Gasteiger partial charge is 0.161 e. The molecule has 5 rings (SSSR count). The predicted molar refractivity (Wildman–Crippen MR) is 136 cm³/mol. The second-order valence-corrected chi connectivity index (χ2v) is 8.94. The molecule has 2 unspecified atom stereocenters. The highest BCUT2D eigenvalue weighted by molar-refractivity contribution is 5.93. The molecule has 0 saturated carbocycles. The fourth-order valence-corrected chi connectivity index (χ4v) is 5.10. The molecule has 8 heteroatoms. The minimum atomic E-state index is -0.645. The van der Waals surface area contributed by atoms with Crippen LogP contribution >= 0.6 is 0 Å². The summed E-state index contributed by atoms with van der Waals surface area (Å²) in [7, 11) is 1.43.